The van der Waals surface area contributed by atoms with Gasteiger partial charge in [0.2, 0.25) is 0 Å². The van der Waals surface area contributed by atoms with Gasteiger partial charge >= 0.3 is 0 Å². The van der Waals surface area contributed by atoms with Crippen molar-refractivity contribution in [2.45, 2.75) is 30.3 Å². The van der Waals surface area contributed by atoms with E-state index in [0.717, 1.165) is 11.3 Å². The number of hydrogen-bond acceptors (Lipinski definition) is 7. The molecule has 0 saturated heterocycles. The fourth-order valence-corrected chi connectivity index (χ4v) is 3.41. The van der Waals surface area contributed by atoms with Crippen molar-refractivity contribution in [3.05, 3.63) is 29.8 Å². The molecule has 1 aromatic rings. The van der Waals surface area contributed by atoms with Crippen molar-refractivity contribution in [3.8, 4) is 0 Å². The number of Topliss-reactive ketones (excluding diaryl/α,β-unsaturated/α-hetero) is 1. The SMILES string of the molecule is CSc1ccc(N=NC2=C(O)C3CCCC(O)C3C2=O)nc1. The number of thioether (sulfide) groups is 1. The van der Waals surface area contributed by atoms with Crippen molar-refractivity contribution >= 4 is 23.4 Å². The number of rotatable bonds is 3. The molecule has 0 spiro atoms. The molecule has 3 unspecified atom stereocenters. The first kappa shape index (κ1) is 15.2. The Morgan fingerprint density at radius 2 is 2.14 bits per heavy atom. The van der Waals surface area contributed by atoms with Crippen molar-refractivity contribution in [2.75, 3.05) is 6.26 Å². The summed E-state index contributed by atoms with van der Waals surface area (Å²) in [5.41, 5.74) is -0.0355. The quantitative estimate of drug-likeness (QED) is 0.659. The van der Waals surface area contributed by atoms with Gasteiger partial charge in [-0.15, -0.1) is 22.0 Å². The van der Waals surface area contributed by atoms with Gasteiger partial charge in [-0.3, -0.25) is 4.79 Å². The number of carbonyl (C=O) groups is 1. The van der Waals surface area contributed by atoms with Gasteiger partial charge in [0.25, 0.3) is 0 Å². The van der Waals surface area contributed by atoms with Crippen LogP contribution in [-0.2, 0) is 4.79 Å². The highest BCUT2D eigenvalue weighted by Crippen LogP contribution is 2.43. The van der Waals surface area contributed by atoms with Crippen LogP contribution in [0, 0.1) is 11.8 Å². The number of carbonyl (C=O) groups excluding carboxylic acids is 1. The van der Waals surface area contributed by atoms with E-state index < -0.39 is 12.0 Å². The molecule has 22 heavy (non-hydrogen) atoms. The number of aliphatic hydroxyl groups excluding tert-OH is 2. The minimum Gasteiger partial charge on any atom is -0.510 e. The highest BCUT2D eigenvalue weighted by atomic mass is 32.2. The maximum Gasteiger partial charge on any atom is 0.192 e. The number of fused-ring (bicyclic) bond motifs is 1. The molecule has 3 rings (SSSR count). The van der Waals surface area contributed by atoms with Gasteiger partial charge in [-0.25, -0.2) is 4.98 Å². The van der Waals surface area contributed by atoms with E-state index in [9.17, 15) is 15.0 Å². The minimum absolute atomic E-state index is 0.0355. The first-order valence-corrected chi connectivity index (χ1v) is 8.41. The predicted molar refractivity (Wildman–Crippen MR) is 82.0 cm³/mol. The van der Waals surface area contributed by atoms with Gasteiger partial charge in [0.15, 0.2) is 17.3 Å². The van der Waals surface area contributed by atoms with Crippen molar-refractivity contribution in [3.63, 3.8) is 0 Å². The molecule has 1 fully saturated rings. The van der Waals surface area contributed by atoms with Crippen LogP contribution >= 0.6 is 11.8 Å². The van der Waals surface area contributed by atoms with Gasteiger partial charge in [0.1, 0.15) is 5.76 Å². The molecule has 3 atom stereocenters. The van der Waals surface area contributed by atoms with Crippen molar-refractivity contribution < 1.29 is 15.0 Å². The van der Waals surface area contributed by atoms with Crippen LogP contribution in [0.1, 0.15) is 19.3 Å². The average Bonchev–Trinajstić information content (AvgIpc) is 2.78. The van der Waals surface area contributed by atoms with Crippen LogP contribution in [0.25, 0.3) is 0 Å². The first-order chi connectivity index (χ1) is 10.6. The Morgan fingerprint density at radius 1 is 1.32 bits per heavy atom. The van der Waals surface area contributed by atoms with Crippen molar-refractivity contribution in [2.24, 2.45) is 22.1 Å². The van der Waals surface area contributed by atoms with Gasteiger partial charge in [-0.05, 0) is 31.2 Å². The van der Waals surface area contributed by atoms with E-state index in [1.165, 1.54) is 0 Å². The second kappa shape index (κ2) is 6.18. The summed E-state index contributed by atoms with van der Waals surface area (Å²) in [6, 6.07) is 3.56. The Kier molecular flexibility index (Phi) is 4.26. The Labute approximate surface area is 132 Å². The molecule has 2 N–H and O–H groups in total. The molecule has 2 aliphatic carbocycles. The Balaban J connectivity index is 1.82. The standard InChI is InChI=1S/C15H17N3O3S/c1-22-8-5-6-11(16-7-8)17-18-13-14(20)9-3-2-4-10(19)12(9)15(13)21/h5-7,9-10,12,19-20H,2-4H2,1H3. The van der Waals surface area contributed by atoms with Crippen LogP contribution in [0.3, 0.4) is 0 Å². The third kappa shape index (κ3) is 2.66. The molecular formula is C15H17N3O3S. The number of pyridine rings is 1. The zero-order valence-electron chi connectivity index (χ0n) is 12.1. The Morgan fingerprint density at radius 3 is 2.77 bits per heavy atom. The van der Waals surface area contributed by atoms with Crippen LogP contribution in [0.4, 0.5) is 5.82 Å². The fraction of sp³-hybridized carbons (Fsp3) is 0.467. The van der Waals surface area contributed by atoms with Crippen LogP contribution in [0.2, 0.25) is 0 Å². The van der Waals surface area contributed by atoms with Crippen molar-refractivity contribution in [1.82, 2.24) is 4.98 Å². The summed E-state index contributed by atoms with van der Waals surface area (Å²) in [5.74, 6) is -0.884. The molecule has 2 aliphatic rings. The first-order valence-electron chi connectivity index (χ1n) is 7.19. The predicted octanol–water partition coefficient (Wildman–Crippen LogP) is 3.02. The third-order valence-electron chi connectivity index (χ3n) is 4.20. The largest absolute Gasteiger partial charge is 0.510 e. The van der Waals surface area contributed by atoms with Crippen LogP contribution in [0.15, 0.2) is 44.9 Å². The topological polar surface area (TPSA) is 95.1 Å². The molecule has 0 aromatic carbocycles. The number of hydrogen-bond donors (Lipinski definition) is 2. The summed E-state index contributed by atoms with van der Waals surface area (Å²) in [4.78, 5) is 17.5. The molecule has 0 radical (unpaired) electrons. The maximum absolute atomic E-state index is 12.3. The molecule has 7 heteroatoms. The molecular weight excluding hydrogens is 302 g/mol. The van der Waals surface area contributed by atoms with Gasteiger partial charge < -0.3 is 10.2 Å². The second-order valence-corrected chi connectivity index (χ2v) is 6.36. The number of azo groups is 1. The molecule has 1 aromatic heterocycles. The van der Waals surface area contributed by atoms with Gasteiger partial charge in [-0.1, -0.05) is 6.42 Å². The van der Waals surface area contributed by atoms with E-state index >= 15 is 0 Å². The zero-order chi connectivity index (χ0) is 15.7. The van der Waals surface area contributed by atoms with Crippen molar-refractivity contribution in [1.29, 1.82) is 0 Å². The lowest BCUT2D eigenvalue weighted by Gasteiger charge is -2.28. The number of aliphatic hydroxyl groups is 2. The average molecular weight is 319 g/mol. The third-order valence-corrected chi connectivity index (χ3v) is 4.91. The molecule has 116 valence electrons. The summed E-state index contributed by atoms with van der Waals surface area (Å²) in [6.07, 6.45) is 4.99. The summed E-state index contributed by atoms with van der Waals surface area (Å²) in [5, 5.41) is 28.0. The summed E-state index contributed by atoms with van der Waals surface area (Å²) >= 11 is 1.57. The normalized spacial score (nSPS) is 28.5. The van der Waals surface area contributed by atoms with Gasteiger partial charge in [0, 0.05) is 17.0 Å². The summed E-state index contributed by atoms with van der Waals surface area (Å²) in [7, 11) is 0. The lowest BCUT2D eigenvalue weighted by atomic mass is 9.78. The molecule has 1 saturated carbocycles. The molecule has 1 heterocycles. The van der Waals surface area contributed by atoms with E-state index in [1.807, 2.05) is 12.3 Å². The van der Waals surface area contributed by atoms with Crippen LogP contribution in [-0.4, -0.2) is 33.3 Å². The van der Waals surface area contributed by atoms with E-state index in [-0.39, 0.29) is 23.2 Å². The second-order valence-electron chi connectivity index (χ2n) is 5.48. The number of ketones is 1. The summed E-state index contributed by atoms with van der Waals surface area (Å²) in [6.45, 7) is 0. The highest BCUT2D eigenvalue weighted by Gasteiger charge is 2.48. The van der Waals surface area contributed by atoms with Gasteiger partial charge in [0.05, 0.1) is 12.0 Å². The number of allylic oxidation sites excluding steroid dienone is 2. The van der Waals surface area contributed by atoms with E-state index in [0.29, 0.717) is 18.7 Å². The van der Waals surface area contributed by atoms with Gasteiger partial charge in [-0.2, -0.15) is 0 Å². The van der Waals surface area contributed by atoms with Crippen LogP contribution < -0.4 is 0 Å². The smallest absolute Gasteiger partial charge is 0.192 e. The minimum atomic E-state index is -0.708. The maximum atomic E-state index is 12.3. The lowest BCUT2D eigenvalue weighted by molar-refractivity contribution is -0.124. The summed E-state index contributed by atoms with van der Waals surface area (Å²) < 4.78 is 0. The number of aromatic nitrogens is 1. The van der Waals surface area contributed by atoms with Crippen LogP contribution in [0.5, 0.6) is 0 Å². The zero-order valence-corrected chi connectivity index (χ0v) is 13.0. The molecule has 0 aliphatic heterocycles. The van der Waals surface area contributed by atoms with E-state index in [4.69, 9.17) is 0 Å². The molecule has 6 nitrogen and oxygen atoms in total. The molecule has 0 amide bonds. The van der Waals surface area contributed by atoms with E-state index in [1.54, 1.807) is 24.0 Å². The fourth-order valence-electron chi connectivity index (χ4n) is 3.05. The Bertz CT molecular complexity index is 642. The lowest BCUT2D eigenvalue weighted by Crippen LogP contribution is -2.34. The Hall–Kier alpha value is -1.73. The van der Waals surface area contributed by atoms with E-state index in [2.05, 4.69) is 15.2 Å². The monoisotopic (exact) mass is 319 g/mol. The number of nitrogens with zero attached hydrogens (tertiary/aromatic N) is 3. The highest BCUT2D eigenvalue weighted by molar-refractivity contribution is 7.98. The molecule has 0 bridgehead atoms.